The van der Waals surface area contributed by atoms with Gasteiger partial charge in [0.05, 0.1) is 18.7 Å². The van der Waals surface area contributed by atoms with Gasteiger partial charge in [-0.15, -0.1) is 0 Å². The minimum Gasteiger partial charge on any atom is -0.495 e. The van der Waals surface area contributed by atoms with Crippen molar-refractivity contribution in [1.29, 1.82) is 0 Å². The van der Waals surface area contributed by atoms with Crippen molar-refractivity contribution in [2.45, 2.75) is 12.8 Å². The fraction of sp³-hybridized carbons (Fsp3) is 0.562. The predicted molar refractivity (Wildman–Crippen MR) is 87.6 cm³/mol. The SMILES string of the molecule is COc1ccc(NC(=O)CN2CCC3(CCNC3)C2)cc1Cl. The summed E-state index contributed by atoms with van der Waals surface area (Å²) in [7, 11) is 1.57. The molecule has 1 spiro atoms. The second-order valence-corrected chi connectivity index (χ2v) is 6.69. The van der Waals surface area contributed by atoms with Crippen LogP contribution in [0.3, 0.4) is 0 Å². The first-order valence-corrected chi connectivity index (χ1v) is 8.05. The van der Waals surface area contributed by atoms with E-state index in [9.17, 15) is 4.79 Å². The lowest BCUT2D eigenvalue weighted by molar-refractivity contribution is -0.117. The number of carbonyl (C=O) groups is 1. The van der Waals surface area contributed by atoms with Gasteiger partial charge in [0.25, 0.3) is 0 Å². The summed E-state index contributed by atoms with van der Waals surface area (Å²) < 4.78 is 5.11. The number of nitrogens with zero attached hydrogens (tertiary/aromatic N) is 1. The molecule has 1 amide bonds. The fourth-order valence-electron chi connectivity index (χ4n) is 3.45. The van der Waals surface area contributed by atoms with Crippen LogP contribution in [0.15, 0.2) is 18.2 Å². The molecular formula is C16H22ClN3O2. The van der Waals surface area contributed by atoms with Crippen molar-refractivity contribution >= 4 is 23.2 Å². The Kier molecular flexibility index (Phi) is 4.57. The first-order chi connectivity index (χ1) is 10.6. The van der Waals surface area contributed by atoms with E-state index in [1.165, 1.54) is 12.8 Å². The molecule has 5 nitrogen and oxygen atoms in total. The number of nitrogens with one attached hydrogen (secondary N) is 2. The second kappa shape index (κ2) is 6.44. The minimum atomic E-state index is 0.00393. The van der Waals surface area contributed by atoms with Gasteiger partial charge in [0.15, 0.2) is 0 Å². The highest BCUT2D eigenvalue weighted by Crippen LogP contribution is 2.35. The van der Waals surface area contributed by atoms with E-state index in [2.05, 4.69) is 15.5 Å². The fourth-order valence-corrected chi connectivity index (χ4v) is 3.71. The van der Waals surface area contributed by atoms with E-state index in [0.717, 1.165) is 26.2 Å². The molecule has 1 atom stereocenters. The summed E-state index contributed by atoms with van der Waals surface area (Å²) in [5.74, 6) is 0.610. The Morgan fingerprint density at radius 2 is 2.36 bits per heavy atom. The number of methoxy groups -OCH3 is 1. The summed E-state index contributed by atoms with van der Waals surface area (Å²) in [5.41, 5.74) is 1.09. The molecule has 0 bridgehead atoms. The van der Waals surface area contributed by atoms with Crippen LogP contribution < -0.4 is 15.4 Å². The van der Waals surface area contributed by atoms with Gasteiger partial charge in [-0.25, -0.2) is 0 Å². The summed E-state index contributed by atoms with van der Waals surface area (Å²) in [6, 6.07) is 5.27. The molecule has 0 radical (unpaired) electrons. The maximum absolute atomic E-state index is 12.2. The number of ether oxygens (including phenoxy) is 1. The van der Waals surface area contributed by atoms with E-state index in [1.807, 2.05) is 0 Å². The smallest absolute Gasteiger partial charge is 0.238 e. The number of anilines is 1. The summed E-state index contributed by atoms with van der Waals surface area (Å²) in [5, 5.41) is 6.83. The second-order valence-electron chi connectivity index (χ2n) is 6.28. The van der Waals surface area contributed by atoms with E-state index < -0.39 is 0 Å². The van der Waals surface area contributed by atoms with Gasteiger partial charge in [-0.05, 0) is 49.5 Å². The van der Waals surface area contributed by atoms with Crippen molar-refractivity contribution in [2.24, 2.45) is 5.41 Å². The van der Waals surface area contributed by atoms with Crippen LogP contribution in [0.25, 0.3) is 0 Å². The molecule has 2 aliphatic rings. The Labute approximate surface area is 136 Å². The maximum atomic E-state index is 12.2. The third-order valence-corrected chi connectivity index (χ3v) is 4.95. The van der Waals surface area contributed by atoms with Crippen LogP contribution in [0.4, 0.5) is 5.69 Å². The van der Waals surface area contributed by atoms with Crippen LogP contribution in [0.5, 0.6) is 5.75 Å². The average Bonchev–Trinajstić information content (AvgIpc) is 3.10. The topological polar surface area (TPSA) is 53.6 Å². The van der Waals surface area contributed by atoms with Crippen molar-refractivity contribution in [3.8, 4) is 5.75 Å². The molecule has 2 saturated heterocycles. The van der Waals surface area contributed by atoms with Gasteiger partial charge in [-0.1, -0.05) is 11.6 Å². The highest BCUT2D eigenvalue weighted by Gasteiger charge is 2.40. The van der Waals surface area contributed by atoms with Crippen LogP contribution in [0, 0.1) is 5.41 Å². The van der Waals surface area contributed by atoms with Crippen LogP contribution in [0.1, 0.15) is 12.8 Å². The van der Waals surface area contributed by atoms with Crippen molar-refractivity contribution in [2.75, 3.05) is 45.2 Å². The van der Waals surface area contributed by atoms with E-state index in [0.29, 0.717) is 28.4 Å². The molecule has 1 aromatic rings. The Morgan fingerprint density at radius 3 is 3.05 bits per heavy atom. The van der Waals surface area contributed by atoms with Crippen LogP contribution in [-0.2, 0) is 4.79 Å². The number of benzene rings is 1. The van der Waals surface area contributed by atoms with Crippen molar-refractivity contribution in [3.63, 3.8) is 0 Å². The van der Waals surface area contributed by atoms with E-state index in [4.69, 9.17) is 16.3 Å². The summed E-state index contributed by atoms with van der Waals surface area (Å²) in [4.78, 5) is 14.4. The predicted octanol–water partition coefficient (Wildman–Crippen LogP) is 1.97. The Balaban J connectivity index is 1.53. The Hall–Kier alpha value is -1.30. The zero-order valence-corrected chi connectivity index (χ0v) is 13.6. The Bertz CT molecular complexity index is 558. The molecule has 6 heteroatoms. The van der Waals surface area contributed by atoms with Gasteiger partial charge in [0.1, 0.15) is 5.75 Å². The van der Waals surface area contributed by atoms with Crippen LogP contribution >= 0.6 is 11.6 Å². The quantitative estimate of drug-likeness (QED) is 0.889. The average molecular weight is 324 g/mol. The molecular weight excluding hydrogens is 302 g/mol. The molecule has 2 heterocycles. The van der Waals surface area contributed by atoms with Gasteiger partial charge in [0, 0.05) is 18.8 Å². The minimum absolute atomic E-state index is 0.00393. The standard InChI is InChI=1S/C16H22ClN3O2/c1-22-14-3-2-12(8-13(14)17)19-15(21)9-20-7-5-16(11-20)4-6-18-10-16/h2-3,8,18H,4-7,9-11H2,1H3,(H,19,21). The van der Waals surface area contributed by atoms with Gasteiger partial charge in [-0.3, -0.25) is 9.69 Å². The summed E-state index contributed by atoms with van der Waals surface area (Å²) >= 11 is 6.07. The zero-order chi connectivity index (χ0) is 15.6. The third-order valence-electron chi connectivity index (χ3n) is 4.65. The number of hydrogen-bond donors (Lipinski definition) is 2. The van der Waals surface area contributed by atoms with Gasteiger partial charge >= 0.3 is 0 Å². The lowest BCUT2D eigenvalue weighted by atomic mass is 9.87. The zero-order valence-electron chi connectivity index (χ0n) is 12.8. The molecule has 120 valence electrons. The normalized spacial score (nSPS) is 24.8. The molecule has 22 heavy (non-hydrogen) atoms. The summed E-state index contributed by atoms with van der Waals surface area (Å²) in [6.07, 6.45) is 2.40. The summed E-state index contributed by atoms with van der Waals surface area (Å²) in [6.45, 7) is 4.63. The molecule has 0 aliphatic carbocycles. The molecule has 3 rings (SSSR count). The molecule has 1 unspecified atom stereocenters. The van der Waals surface area contributed by atoms with Crippen molar-refractivity contribution in [3.05, 3.63) is 23.2 Å². The lowest BCUT2D eigenvalue weighted by Gasteiger charge is -2.22. The van der Waals surface area contributed by atoms with Crippen LogP contribution in [0.2, 0.25) is 5.02 Å². The van der Waals surface area contributed by atoms with Crippen LogP contribution in [-0.4, -0.2) is 50.6 Å². The van der Waals surface area contributed by atoms with E-state index >= 15 is 0 Å². The number of rotatable bonds is 4. The highest BCUT2D eigenvalue weighted by atomic mass is 35.5. The largest absolute Gasteiger partial charge is 0.495 e. The molecule has 2 N–H and O–H groups in total. The van der Waals surface area contributed by atoms with Crippen molar-refractivity contribution < 1.29 is 9.53 Å². The third kappa shape index (κ3) is 3.37. The number of carbonyl (C=O) groups excluding carboxylic acids is 1. The monoisotopic (exact) mass is 323 g/mol. The number of amides is 1. The molecule has 0 saturated carbocycles. The number of halogens is 1. The van der Waals surface area contributed by atoms with Gasteiger partial charge in [-0.2, -0.15) is 0 Å². The highest BCUT2D eigenvalue weighted by molar-refractivity contribution is 6.32. The first-order valence-electron chi connectivity index (χ1n) is 7.67. The molecule has 2 aliphatic heterocycles. The van der Waals surface area contributed by atoms with Gasteiger partial charge < -0.3 is 15.4 Å². The molecule has 0 aromatic heterocycles. The Morgan fingerprint density at radius 1 is 1.50 bits per heavy atom. The van der Waals surface area contributed by atoms with E-state index in [-0.39, 0.29) is 5.91 Å². The van der Waals surface area contributed by atoms with Gasteiger partial charge in [0.2, 0.25) is 5.91 Å². The van der Waals surface area contributed by atoms with Crippen molar-refractivity contribution in [1.82, 2.24) is 10.2 Å². The first kappa shape index (κ1) is 15.6. The number of likely N-dealkylation sites (tertiary alicyclic amines) is 1. The number of hydrogen-bond acceptors (Lipinski definition) is 4. The lowest BCUT2D eigenvalue weighted by Crippen LogP contribution is -2.34. The molecule has 2 fully saturated rings. The van der Waals surface area contributed by atoms with E-state index in [1.54, 1.807) is 25.3 Å². The molecule has 1 aromatic carbocycles. The maximum Gasteiger partial charge on any atom is 0.238 e.